The van der Waals surface area contributed by atoms with Crippen molar-refractivity contribution in [1.82, 2.24) is 4.98 Å². The highest BCUT2D eigenvalue weighted by atomic mass is 16.3. The molecule has 1 fully saturated rings. The van der Waals surface area contributed by atoms with Crippen LogP contribution in [0.2, 0.25) is 0 Å². The number of hydrogen-bond acceptors (Lipinski definition) is 3. The van der Waals surface area contributed by atoms with E-state index in [4.69, 9.17) is 5.11 Å². The van der Waals surface area contributed by atoms with Crippen molar-refractivity contribution in [2.45, 2.75) is 19.3 Å². The lowest BCUT2D eigenvalue weighted by Gasteiger charge is -2.15. The molecule has 0 saturated heterocycles. The number of pyridine rings is 1. The van der Waals surface area contributed by atoms with Crippen LogP contribution < -0.4 is 5.32 Å². The van der Waals surface area contributed by atoms with Crippen molar-refractivity contribution < 1.29 is 5.11 Å². The molecule has 1 aromatic rings. The zero-order valence-electron chi connectivity index (χ0n) is 8.24. The molecule has 0 bridgehead atoms. The minimum atomic E-state index is 0.304. The molecule has 0 spiro atoms. The lowest BCUT2D eigenvalue weighted by atomic mass is 10.0. The van der Waals surface area contributed by atoms with Gasteiger partial charge in [0.05, 0.1) is 0 Å². The van der Waals surface area contributed by atoms with Crippen molar-refractivity contribution in [1.29, 1.82) is 0 Å². The summed E-state index contributed by atoms with van der Waals surface area (Å²) in [4.78, 5) is 3.96. The van der Waals surface area contributed by atoms with Gasteiger partial charge in [0.1, 0.15) is 0 Å². The SMILES string of the molecule is OCCC1(CNc2ccncc2)CC1. The summed E-state index contributed by atoms with van der Waals surface area (Å²) >= 11 is 0. The fourth-order valence-corrected chi connectivity index (χ4v) is 1.69. The summed E-state index contributed by atoms with van der Waals surface area (Å²) in [7, 11) is 0. The van der Waals surface area contributed by atoms with Crippen molar-refractivity contribution >= 4 is 5.69 Å². The Morgan fingerprint density at radius 3 is 2.64 bits per heavy atom. The van der Waals surface area contributed by atoms with Gasteiger partial charge in [-0.2, -0.15) is 0 Å². The second-order valence-corrected chi connectivity index (χ2v) is 4.06. The molecule has 0 amide bonds. The molecule has 3 nitrogen and oxygen atoms in total. The largest absolute Gasteiger partial charge is 0.396 e. The van der Waals surface area contributed by atoms with Crippen molar-refractivity contribution in [2.75, 3.05) is 18.5 Å². The molecule has 3 heteroatoms. The van der Waals surface area contributed by atoms with Gasteiger partial charge in [0.2, 0.25) is 0 Å². The van der Waals surface area contributed by atoms with E-state index in [1.165, 1.54) is 12.8 Å². The van der Waals surface area contributed by atoms with Crippen LogP contribution in [0.4, 0.5) is 5.69 Å². The van der Waals surface area contributed by atoms with E-state index in [9.17, 15) is 0 Å². The number of anilines is 1. The molecule has 1 saturated carbocycles. The Balaban J connectivity index is 1.83. The van der Waals surface area contributed by atoms with E-state index in [0.717, 1.165) is 18.7 Å². The standard InChI is InChI=1S/C11H16N2O/c14-8-5-11(3-4-11)9-13-10-1-6-12-7-2-10/h1-2,6-7,14H,3-5,8-9H2,(H,12,13). The van der Waals surface area contributed by atoms with Gasteiger partial charge in [-0.05, 0) is 36.8 Å². The minimum Gasteiger partial charge on any atom is -0.396 e. The van der Waals surface area contributed by atoms with Crippen molar-refractivity contribution in [3.63, 3.8) is 0 Å². The van der Waals surface area contributed by atoms with Crippen molar-refractivity contribution in [3.05, 3.63) is 24.5 Å². The number of rotatable bonds is 5. The molecule has 2 N–H and O–H groups in total. The lowest BCUT2D eigenvalue weighted by Crippen LogP contribution is -2.16. The highest BCUT2D eigenvalue weighted by molar-refractivity contribution is 5.41. The molecule has 76 valence electrons. The van der Waals surface area contributed by atoms with Gasteiger partial charge >= 0.3 is 0 Å². The first-order chi connectivity index (χ1) is 6.85. The van der Waals surface area contributed by atoms with Gasteiger partial charge in [0.15, 0.2) is 0 Å². The molecule has 0 radical (unpaired) electrons. The van der Waals surface area contributed by atoms with Gasteiger partial charge in [-0.25, -0.2) is 0 Å². The Morgan fingerprint density at radius 2 is 2.07 bits per heavy atom. The summed E-state index contributed by atoms with van der Waals surface area (Å²) in [5, 5.41) is 12.3. The van der Waals surface area contributed by atoms with Crippen LogP contribution in [0.15, 0.2) is 24.5 Å². The smallest absolute Gasteiger partial charge is 0.0436 e. The second-order valence-electron chi connectivity index (χ2n) is 4.06. The first-order valence-corrected chi connectivity index (χ1v) is 5.09. The monoisotopic (exact) mass is 192 g/mol. The van der Waals surface area contributed by atoms with Crippen LogP contribution in [0.25, 0.3) is 0 Å². The van der Waals surface area contributed by atoms with Crippen LogP contribution in [0.5, 0.6) is 0 Å². The fourth-order valence-electron chi connectivity index (χ4n) is 1.69. The van der Waals surface area contributed by atoms with E-state index in [1.807, 2.05) is 12.1 Å². The summed E-state index contributed by atoms with van der Waals surface area (Å²) in [5.74, 6) is 0. The first kappa shape index (κ1) is 9.46. The average Bonchev–Trinajstić information content (AvgIpc) is 2.98. The van der Waals surface area contributed by atoms with E-state index in [1.54, 1.807) is 12.4 Å². The van der Waals surface area contributed by atoms with E-state index < -0.39 is 0 Å². The van der Waals surface area contributed by atoms with Crippen LogP contribution in [-0.2, 0) is 0 Å². The Kier molecular flexibility index (Phi) is 2.68. The van der Waals surface area contributed by atoms with Crippen molar-refractivity contribution in [2.24, 2.45) is 5.41 Å². The Hall–Kier alpha value is -1.09. The number of nitrogens with zero attached hydrogens (tertiary/aromatic N) is 1. The molecule has 1 aliphatic rings. The molecule has 14 heavy (non-hydrogen) atoms. The zero-order valence-corrected chi connectivity index (χ0v) is 8.24. The van der Waals surface area contributed by atoms with Crippen molar-refractivity contribution in [3.8, 4) is 0 Å². The molecule has 2 rings (SSSR count). The Labute approximate surface area is 84.2 Å². The number of nitrogens with one attached hydrogen (secondary N) is 1. The average molecular weight is 192 g/mol. The summed E-state index contributed by atoms with van der Waals surface area (Å²) in [5.41, 5.74) is 1.49. The van der Waals surface area contributed by atoms with Gasteiger partial charge in [0, 0.05) is 31.2 Å². The molecule has 0 aromatic carbocycles. The quantitative estimate of drug-likeness (QED) is 0.745. The third-order valence-corrected chi connectivity index (χ3v) is 2.95. The van der Waals surface area contributed by atoms with Gasteiger partial charge < -0.3 is 10.4 Å². The highest BCUT2D eigenvalue weighted by Crippen LogP contribution is 2.48. The number of hydrogen-bond donors (Lipinski definition) is 2. The lowest BCUT2D eigenvalue weighted by molar-refractivity contribution is 0.253. The topological polar surface area (TPSA) is 45.1 Å². The third-order valence-electron chi connectivity index (χ3n) is 2.95. The van der Waals surface area contributed by atoms with Crippen LogP contribution in [0.3, 0.4) is 0 Å². The molecule has 0 unspecified atom stereocenters. The third kappa shape index (κ3) is 2.23. The molecule has 0 aliphatic heterocycles. The maximum absolute atomic E-state index is 8.90. The van der Waals surface area contributed by atoms with Crippen LogP contribution in [-0.4, -0.2) is 23.2 Å². The van der Waals surface area contributed by atoms with Crippen LogP contribution in [0, 0.1) is 5.41 Å². The zero-order chi connectivity index (χ0) is 9.86. The summed E-state index contributed by atoms with van der Waals surface area (Å²) < 4.78 is 0. The number of aromatic nitrogens is 1. The summed E-state index contributed by atoms with van der Waals surface area (Å²) in [6.45, 7) is 1.27. The molecule has 1 aliphatic carbocycles. The molecular weight excluding hydrogens is 176 g/mol. The molecular formula is C11H16N2O. The van der Waals surface area contributed by atoms with Crippen LogP contribution in [0.1, 0.15) is 19.3 Å². The van der Waals surface area contributed by atoms with Gasteiger partial charge in [-0.15, -0.1) is 0 Å². The highest BCUT2D eigenvalue weighted by Gasteiger charge is 2.41. The number of aliphatic hydroxyl groups is 1. The van der Waals surface area contributed by atoms with Crippen LogP contribution >= 0.6 is 0 Å². The molecule has 1 heterocycles. The van der Waals surface area contributed by atoms with Gasteiger partial charge in [-0.1, -0.05) is 0 Å². The van der Waals surface area contributed by atoms with E-state index in [2.05, 4.69) is 10.3 Å². The second kappa shape index (κ2) is 3.96. The van der Waals surface area contributed by atoms with E-state index in [-0.39, 0.29) is 0 Å². The summed E-state index contributed by atoms with van der Waals surface area (Å²) in [6, 6.07) is 3.93. The van der Waals surface area contributed by atoms with Gasteiger partial charge in [-0.3, -0.25) is 4.98 Å². The maximum atomic E-state index is 8.90. The Bertz CT molecular complexity index is 283. The molecule has 1 aromatic heterocycles. The minimum absolute atomic E-state index is 0.304. The fraction of sp³-hybridized carbons (Fsp3) is 0.545. The van der Waals surface area contributed by atoms with E-state index >= 15 is 0 Å². The number of aliphatic hydroxyl groups excluding tert-OH is 1. The first-order valence-electron chi connectivity index (χ1n) is 5.09. The summed E-state index contributed by atoms with van der Waals surface area (Å²) in [6.07, 6.45) is 6.98. The normalized spacial score (nSPS) is 17.8. The Morgan fingerprint density at radius 1 is 1.36 bits per heavy atom. The predicted molar refractivity (Wildman–Crippen MR) is 56.1 cm³/mol. The molecule has 0 atom stereocenters. The predicted octanol–water partition coefficient (Wildman–Crippen LogP) is 1.66. The van der Waals surface area contributed by atoms with Gasteiger partial charge in [0.25, 0.3) is 0 Å². The maximum Gasteiger partial charge on any atom is 0.0436 e. The van der Waals surface area contributed by atoms with E-state index in [0.29, 0.717) is 12.0 Å².